The number of ketones is 1. The van der Waals surface area contributed by atoms with Crippen LogP contribution in [-0.4, -0.2) is 41.2 Å². The monoisotopic (exact) mass is 467 g/mol. The Hall–Kier alpha value is -2.02. The molecule has 176 valence electrons. The van der Waals surface area contributed by atoms with Gasteiger partial charge in [-0.25, -0.2) is 8.42 Å². The van der Waals surface area contributed by atoms with Crippen molar-refractivity contribution in [2.45, 2.75) is 63.9 Å². The van der Waals surface area contributed by atoms with Gasteiger partial charge in [0, 0.05) is 24.0 Å². The predicted molar refractivity (Wildman–Crippen MR) is 126 cm³/mol. The van der Waals surface area contributed by atoms with Crippen LogP contribution < -0.4 is 0 Å². The zero-order valence-corrected chi connectivity index (χ0v) is 20.4. The van der Waals surface area contributed by atoms with E-state index in [9.17, 15) is 17.8 Å². The van der Waals surface area contributed by atoms with E-state index in [2.05, 4.69) is 6.92 Å². The van der Waals surface area contributed by atoms with Crippen LogP contribution in [0.2, 0.25) is 0 Å². The van der Waals surface area contributed by atoms with E-state index in [0.29, 0.717) is 19.4 Å². The standard InChI is InChI=1S/C27H33NO4S/c1-19-15-17-28(19,24(20-10-6-4-7-11-20)21-12-8-5-9-13-21)25(33(30,31)32)27-16-14-22(18-23(27)29)26(27,2)3/h4-13,19,22,24-25H,14-18H2,1-3H3/t19-,22+,25?,27+,28?/m0/s1. The lowest BCUT2D eigenvalue weighted by Gasteiger charge is -2.64. The summed E-state index contributed by atoms with van der Waals surface area (Å²) in [6.45, 7) is 6.66. The minimum absolute atomic E-state index is 0.0235. The number of quaternary nitrogens is 1. The van der Waals surface area contributed by atoms with Gasteiger partial charge in [0.2, 0.25) is 0 Å². The van der Waals surface area contributed by atoms with Gasteiger partial charge in [0.25, 0.3) is 0 Å². The van der Waals surface area contributed by atoms with Crippen molar-refractivity contribution in [3.05, 3.63) is 71.8 Å². The van der Waals surface area contributed by atoms with Crippen molar-refractivity contribution in [3.63, 3.8) is 0 Å². The molecule has 2 aromatic carbocycles. The lowest BCUT2D eigenvalue weighted by molar-refractivity contribution is -1.02. The third kappa shape index (κ3) is 2.96. The van der Waals surface area contributed by atoms with Crippen LogP contribution in [0, 0.1) is 16.7 Å². The van der Waals surface area contributed by atoms with E-state index in [4.69, 9.17) is 0 Å². The number of nitrogens with zero attached hydrogens (tertiary/aromatic N) is 1. The number of carbonyl (C=O) groups is 1. The summed E-state index contributed by atoms with van der Waals surface area (Å²) in [4.78, 5) is 13.6. The number of hydrogen-bond acceptors (Lipinski definition) is 4. The molecule has 0 N–H and O–H groups in total. The molecule has 0 radical (unpaired) electrons. The first-order chi connectivity index (χ1) is 15.6. The van der Waals surface area contributed by atoms with Crippen LogP contribution in [0.5, 0.6) is 0 Å². The van der Waals surface area contributed by atoms with Crippen LogP contribution in [0.1, 0.15) is 63.6 Å². The Bertz CT molecular complexity index is 1120. The number of hydrogen-bond donors (Lipinski definition) is 0. The lowest BCUT2D eigenvalue weighted by Crippen LogP contribution is -2.77. The summed E-state index contributed by atoms with van der Waals surface area (Å²) < 4.78 is 40.2. The molecule has 2 bridgehead atoms. The molecular formula is C27H33NO4S. The Morgan fingerprint density at radius 3 is 1.85 bits per heavy atom. The first-order valence-corrected chi connectivity index (χ1v) is 13.5. The highest BCUT2D eigenvalue weighted by molar-refractivity contribution is 7.86. The summed E-state index contributed by atoms with van der Waals surface area (Å²) in [7, 11) is -4.81. The van der Waals surface area contributed by atoms with Gasteiger partial charge in [0.1, 0.15) is 11.8 Å². The third-order valence-electron chi connectivity index (χ3n) is 9.58. The van der Waals surface area contributed by atoms with Gasteiger partial charge in [-0.3, -0.25) is 9.28 Å². The van der Waals surface area contributed by atoms with Crippen LogP contribution in [0.15, 0.2) is 60.7 Å². The van der Waals surface area contributed by atoms with Crippen molar-refractivity contribution in [2.24, 2.45) is 16.7 Å². The minimum Gasteiger partial charge on any atom is -0.743 e. The summed E-state index contributed by atoms with van der Waals surface area (Å²) in [6, 6.07) is 19.4. The summed E-state index contributed by atoms with van der Waals surface area (Å²) in [5.41, 5.74) is 0.301. The van der Waals surface area contributed by atoms with Crippen LogP contribution in [0.3, 0.4) is 0 Å². The van der Waals surface area contributed by atoms with Crippen LogP contribution in [-0.2, 0) is 14.9 Å². The second-order valence-corrected chi connectivity index (χ2v) is 12.4. The van der Waals surface area contributed by atoms with Crippen molar-refractivity contribution >= 4 is 15.9 Å². The van der Waals surface area contributed by atoms with Gasteiger partial charge in [0.15, 0.2) is 15.5 Å². The Kier molecular flexibility index (Phi) is 5.16. The second kappa shape index (κ2) is 7.49. The van der Waals surface area contributed by atoms with Crippen molar-refractivity contribution in [2.75, 3.05) is 6.54 Å². The second-order valence-electron chi connectivity index (χ2n) is 11.0. The molecule has 5 rings (SSSR count). The van der Waals surface area contributed by atoms with E-state index in [1.54, 1.807) is 0 Å². The van der Waals surface area contributed by atoms with Crippen LogP contribution in [0.25, 0.3) is 0 Å². The molecule has 2 aliphatic carbocycles. The SMILES string of the molecule is C[C@H]1CC[N+]1(C(c1ccccc1)c1ccccc1)C([C@@]12CC[C@H](CC1=O)C2(C)C)S(=O)(=O)[O-]. The molecule has 33 heavy (non-hydrogen) atoms. The molecule has 6 heteroatoms. The highest BCUT2D eigenvalue weighted by atomic mass is 32.2. The summed E-state index contributed by atoms with van der Waals surface area (Å²) in [5, 5.41) is -1.30. The average Bonchev–Trinajstić information content (AvgIpc) is 3.13. The molecule has 3 aliphatic rings. The average molecular weight is 468 g/mol. The van der Waals surface area contributed by atoms with Gasteiger partial charge < -0.3 is 4.55 Å². The minimum atomic E-state index is -4.81. The number of likely N-dealkylation sites (tertiary alicyclic amines) is 1. The van der Waals surface area contributed by atoms with Gasteiger partial charge in [-0.15, -0.1) is 0 Å². The molecule has 1 heterocycles. The van der Waals surface area contributed by atoms with Gasteiger partial charge in [-0.1, -0.05) is 74.5 Å². The fourth-order valence-corrected chi connectivity index (χ4v) is 9.72. The summed E-state index contributed by atoms with van der Waals surface area (Å²) in [6.07, 6.45) is 2.50. The third-order valence-corrected chi connectivity index (χ3v) is 10.9. The maximum atomic E-state index is 13.6. The molecule has 5 nitrogen and oxygen atoms in total. The Balaban J connectivity index is 1.81. The topological polar surface area (TPSA) is 74.3 Å². The molecule has 3 fully saturated rings. The van der Waals surface area contributed by atoms with Gasteiger partial charge in [0.05, 0.1) is 18.0 Å². The number of rotatable bonds is 6. The fraction of sp³-hybridized carbons (Fsp3) is 0.519. The van der Waals surface area contributed by atoms with Crippen molar-refractivity contribution < 1.29 is 22.2 Å². The van der Waals surface area contributed by atoms with Gasteiger partial charge in [-0.2, -0.15) is 0 Å². The first-order valence-electron chi connectivity index (χ1n) is 12.0. The molecule has 1 aliphatic heterocycles. The Labute approximate surface area is 197 Å². The first kappa shape index (κ1) is 22.8. The molecular weight excluding hydrogens is 434 g/mol. The number of benzene rings is 2. The smallest absolute Gasteiger partial charge is 0.193 e. The van der Waals surface area contributed by atoms with Crippen LogP contribution >= 0.6 is 0 Å². The number of fused-ring (bicyclic) bond motifs is 2. The van der Waals surface area contributed by atoms with Crippen molar-refractivity contribution in [3.8, 4) is 0 Å². The molecule has 0 amide bonds. The van der Waals surface area contributed by atoms with E-state index in [1.807, 2.05) is 74.5 Å². The predicted octanol–water partition coefficient (Wildman–Crippen LogP) is 4.65. The van der Waals surface area contributed by atoms with Crippen molar-refractivity contribution in [1.29, 1.82) is 0 Å². The molecule has 2 saturated carbocycles. The quantitative estimate of drug-likeness (QED) is 0.458. The summed E-state index contributed by atoms with van der Waals surface area (Å²) >= 11 is 0. The molecule has 0 spiro atoms. The van der Waals surface area contributed by atoms with Gasteiger partial charge in [-0.05, 0) is 31.1 Å². The van der Waals surface area contributed by atoms with Crippen LogP contribution in [0.4, 0.5) is 0 Å². The highest BCUT2D eigenvalue weighted by Gasteiger charge is 2.76. The molecule has 2 aromatic rings. The van der Waals surface area contributed by atoms with E-state index >= 15 is 0 Å². The molecule has 0 aromatic heterocycles. The zero-order chi connectivity index (χ0) is 23.6. The van der Waals surface area contributed by atoms with E-state index in [1.165, 1.54) is 0 Å². The molecule has 2 unspecified atom stereocenters. The van der Waals surface area contributed by atoms with Gasteiger partial charge >= 0.3 is 0 Å². The number of carbonyl (C=O) groups excluding carboxylic acids is 1. The van der Waals surface area contributed by atoms with Crippen molar-refractivity contribution in [1.82, 2.24) is 0 Å². The normalized spacial score (nSPS) is 33.8. The maximum absolute atomic E-state index is 13.6. The molecule has 1 saturated heterocycles. The maximum Gasteiger partial charge on any atom is 0.193 e. The molecule has 5 atom stereocenters. The van der Waals surface area contributed by atoms with E-state index in [0.717, 1.165) is 24.0 Å². The Morgan fingerprint density at radius 1 is 0.970 bits per heavy atom. The van der Waals surface area contributed by atoms with E-state index in [-0.39, 0.29) is 28.3 Å². The number of Topliss-reactive ketones (excluding diaryl/α,β-unsaturated/α-hetero) is 1. The largest absolute Gasteiger partial charge is 0.743 e. The lowest BCUT2D eigenvalue weighted by atomic mass is 9.66. The summed E-state index contributed by atoms with van der Waals surface area (Å²) in [5.74, 6) is 0.113. The fourth-order valence-electron chi connectivity index (χ4n) is 7.76. The zero-order valence-electron chi connectivity index (χ0n) is 19.6. The van der Waals surface area contributed by atoms with E-state index < -0.39 is 26.3 Å². The highest BCUT2D eigenvalue weighted by Crippen LogP contribution is 2.69. The Morgan fingerprint density at radius 2 is 1.52 bits per heavy atom.